The Balaban J connectivity index is 1.84. The van der Waals surface area contributed by atoms with Gasteiger partial charge in [0.1, 0.15) is 11.8 Å². The van der Waals surface area contributed by atoms with Gasteiger partial charge in [0.25, 0.3) is 5.91 Å². The Morgan fingerprint density at radius 1 is 0.943 bits per heavy atom. The van der Waals surface area contributed by atoms with Gasteiger partial charge in [-0.25, -0.2) is 0 Å². The molecule has 35 heavy (non-hydrogen) atoms. The van der Waals surface area contributed by atoms with Crippen LogP contribution in [0.4, 0.5) is 0 Å². The smallest absolute Gasteiger partial charge is 0.261 e. The first kappa shape index (κ1) is 26.5. The molecule has 0 fully saturated rings. The van der Waals surface area contributed by atoms with E-state index in [2.05, 4.69) is 42.0 Å². The second kappa shape index (κ2) is 12.0. The largest absolute Gasteiger partial charge is 0.484 e. The van der Waals surface area contributed by atoms with Gasteiger partial charge in [0.2, 0.25) is 5.91 Å². The average Bonchev–Trinajstić information content (AvgIpc) is 2.84. The van der Waals surface area contributed by atoms with Gasteiger partial charge >= 0.3 is 0 Å². The van der Waals surface area contributed by atoms with Crippen LogP contribution in [0, 0.1) is 0 Å². The van der Waals surface area contributed by atoms with E-state index in [9.17, 15) is 9.59 Å². The number of ether oxygens (including phenoxy) is 1. The normalized spacial score (nSPS) is 12.0. The van der Waals surface area contributed by atoms with Crippen LogP contribution in [0.15, 0.2) is 83.3 Å². The first-order chi connectivity index (χ1) is 16.7. The van der Waals surface area contributed by atoms with Crippen LogP contribution in [-0.4, -0.2) is 36.4 Å². The van der Waals surface area contributed by atoms with E-state index in [0.717, 1.165) is 15.6 Å². The Labute approximate surface area is 216 Å². The Morgan fingerprint density at radius 3 is 2.20 bits per heavy atom. The lowest BCUT2D eigenvalue weighted by Gasteiger charge is -2.31. The zero-order chi connectivity index (χ0) is 25.4. The summed E-state index contributed by atoms with van der Waals surface area (Å²) in [5.74, 6) is 0.148. The quantitative estimate of drug-likeness (QED) is 0.392. The second-order valence-corrected chi connectivity index (χ2v) is 10.5. The van der Waals surface area contributed by atoms with E-state index < -0.39 is 6.04 Å². The minimum absolute atomic E-state index is 0.0350. The molecule has 0 aliphatic rings. The lowest BCUT2D eigenvalue weighted by molar-refractivity contribution is -0.142. The predicted octanol–water partition coefficient (Wildman–Crippen LogP) is 5.51. The minimum Gasteiger partial charge on any atom is -0.484 e. The second-order valence-electron chi connectivity index (χ2n) is 9.53. The van der Waals surface area contributed by atoms with Gasteiger partial charge in [0, 0.05) is 24.5 Å². The van der Waals surface area contributed by atoms with Crippen LogP contribution in [0.25, 0.3) is 0 Å². The van der Waals surface area contributed by atoms with E-state index in [1.54, 1.807) is 11.9 Å². The number of carbonyl (C=O) groups excluding carboxylic acids is 2. The zero-order valence-corrected chi connectivity index (χ0v) is 22.3. The summed E-state index contributed by atoms with van der Waals surface area (Å²) in [6.45, 7) is 6.58. The maximum atomic E-state index is 13.5. The maximum absolute atomic E-state index is 13.5. The van der Waals surface area contributed by atoms with Gasteiger partial charge in [-0.05, 0) is 46.4 Å². The van der Waals surface area contributed by atoms with Crippen molar-refractivity contribution in [1.29, 1.82) is 0 Å². The molecule has 6 heteroatoms. The fraction of sp³-hybridized carbons (Fsp3) is 0.310. The van der Waals surface area contributed by atoms with Crippen molar-refractivity contribution in [2.75, 3.05) is 13.7 Å². The molecule has 5 nitrogen and oxygen atoms in total. The number of amides is 2. The molecule has 1 atom stereocenters. The topological polar surface area (TPSA) is 58.6 Å². The van der Waals surface area contributed by atoms with E-state index in [1.807, 2.05) is 78.9 Å². The SMILES string of the molecule is CNC(=O)[C@@H](Cc1ccccc1)N(Cc1cccc(Br)c1)C(=O)COc1ccc(C(C)(C)C)cc1. The van der Waals surface area contributed by atoms with Crippen molar-refractivity contribution in [1.82, 2.24) is 10.2 Å². The molecular formula is C29H33BrN2O3. The summed E-state index contributed by atoms with van der Waals surface area (Å²) in [6.07, 6.45) is 0.403. The summed E-state index contributed by atoms with van der Waals surface area (Å²) in [6, 6.07) is 24.6. The van der Waals surface area contributed by atoms with Crippen molar-refractivity contribution in [2.24, 2.45) is 0 Å². The summed E-state index contributed by atoms with van der Waals surface area (Å²) in [5.41, 5.74) is 3.12. The number of halogens is 1. The summed E-state index contributed by atoms with van der Waals surface area (Å²) in [7, 11) is 1.59. The Morgan fingerprint density at radius 2 is 1.60 bits per heavy atom. The standard InChI is InChI=1S/C29H33BrN2O3/c1-29(2,3)23-13-15-25(16-14-23)35-20-27(33)32(19-22-11-8-12-24(30)17-22)26(28(34)31-4)18-21-9-6-5-7-10-21/h5-17,26H,18-20H2,1-4H3,(H,31,34)/t26-/m1/s1. The Kier molecular flexibility index (Phi) is 9.10. The maximum Gasteiger partial charge on any atom is 0.261 e. The van der Waals surface area contributed by atoms with Crippen molar-refractivity contribution < 1.29 is 14.3 Å². The highest BCUT2D eigenvalue weighted by Gasteiger charge is 2.30. The van der Waals surface area contributed by atoms with Crippen LogP contribution in [0.2, 0.25) is 0 Å². The van der Waals surface area contributed by atoms with E-state index in [0.29, 0.717) is 12.2 Å². The molecule has 0 unspecified atom stereocenters. The van der Waals surface area contributed by atoms with Gasteiger partial charge in [0.15, 0.2) is 6.61 Å². The van der Waals surface area contributed by atoms with Crippen molar-refractivity contribution in [3.8, 4) is 5.75 Å². The van der Waals surface area contributed by atoms with Crippen LogP contribution < -0.4 is 10.1 Å². The number of nitrogens with zero attached hydrogens (tertiary/aromatic N) is 1. The van der Waals surface area contributed by atoms with Gasteiger partial charge in [-0.2, -0.15) is 0 Å². The molecule has 2 amide bonds. The van der Waals surface area contributed by atoms with E-state index in [1.165, 1.54) is 5.56 Å². The van der Waals surface area contributed by atoms with Gasteiger partial charge in [-0.15, -0.1) is 0 Å². The first-order valence-electron chi connectivity index (χ1n) is 11.7. The fourth-order valence-electron chi connectivity index (χ4n) is 3.83. The van der Waals surface area contributed by atoms with Crippen LogP contribution in [0.1, 0.15) is 37.5 Å². The molecule has 0 saturated heterocycles. The number of hydrogen-bond donors (Lipinski definition) is 1. The average molecular weight is 537 g/mol. The summed E-state index contributed by atoms with van der Waals surface area (Å²) in [5, 5.41) is 2.73. The number of nitrogens with one attached hydrogen (secondary N) is 1. The molecule has 3 aromatic rings. The number of rotatable bonds is 9. The summed E-state index contributed by atoms with van der Waals surface area (Å²) >= 11 is 3.50. The minimum atomic E-state index is -0.680. The highest BCUT2D eigenvalue weighted by molar-refractivity contribution is 9.10. The fourth-order valence-corrected chi connectivity index (χ4v) is 4.28. The van der Waals surface area contributed by atoms with E-state index in [-0.39, 0.29) is 30.4 Å². The number of carbonyl (C=O) groups is 2. The van der Waals surface area contributed by atoms with Crippen LogP contribution >= 0.6 is 15.9 Å². The number of hydrogen-bond acceptors (Lipinski definition) is 3. The monoisotopic (exact) mass is 536 g/mol. The zero-order valence-electron chi connectivity index (χ0n) is 20.8. The van der Waals surface area contributed by atoms with Gasteiger partial charge in [0.05, 0.1) is 0 Å². The highest BCUT2D eigenvalue weighted by Crippen LogP contribution is 2.24. The third kappa shape index (κ3) is 7.69. The molecular weight excluding hydrogens is 504 g/mol. The predicted molar refractivity (Wildman–Crippen MR) is 143 cm³/mol. The van der Waals surface area contributed by atoms with Crippen LogP contribution in [0.3, 0.4) is 0 Å². The molecule has 1 N–H and O–H groups in total. The number of likely N-dealkylation sites (N-methyl/N-ethyl adjacent to an activating group) is 1. The van der Waals surface area contributed by atoms with E-state index >= 15 is 0 Å². The van der Waals surface area contributed by atoms with Crippen LogP contribution in [-0.2, 0) is 28.0 Å². The van der Waals surface area contributed by atoms with Crippen LogP contribution in [0.5, 0.6) is 5.75 Å². The third-order valence-corrected chi connectivity index (χ3v) is 6.34. The third-order valence-electron chi connectivity index (χ3n) is 5.84. The molecule has 0 bridgehead atoms. The molecule has 3 rings (SSSR count). The highest BCUT2D eigenvalue weighted by atomic mass is 79.9. The molecule has 0 spiro atoms. The molecule has 0 heterocycles. The molecule has 0 saturated carbocycles. The Bertz CT molecular complexity index is 1120. The van der Waals surface area contributed by atoms with Crippen molar-refractivity contribution in [3.63, 3.8) is 0 Å². The number of benzene rings is 3. The van der Waals surface area contributed by atoms with Crippen molar-refractivity contribution >= 4 is 27.7 Å². The van der Waals surface area contributed by atoms with Gasteiger partial charge in [-0.1, -0.05) is 91.3 Å². The Hall–Kier alpha value is -3.12. The summed E-state index contributed by atoms with van der Waals surface area (Å²) < 4.78 is 6.77. The molecule has 0 radical (unpaired) electrons. The van der Waals surface area contributed by atoms with Gasteiger partial charge < -0.3 is 15.0 Å². The molecule has 184 valence electrons. The lowest BCUT2D eigenvalue weighted by Crippen LogP contribution is -2.51. The summed E-state index contributed by atoms with van der Waals surface area (Å²) in [4.78, 5) is 28.1. The molecule has 0 aliphatic carbocycles. The van der Waals surface area contributed by atoms with Crippen molar-refractivity contribution in [2.45, 2.75) is 45.2 Å². The molecule has 3 aromatic carbocycles. The lowest BCUT2D eigenvalue weighted by atomic mass is 9.87. The first-order valence-corrected chi connectivity index (χ1v) is 12.5. The molecule has 0 aromatic heterocycles. The molecule has 0 aliphatic heterocycles. The van der Waals surface area contributed by atoms with Gasteiger partial charge in [-0.3, -0.25) is 9.59 Å². The van der Waals surface area contributed by atoms with E-state index in [4.69, 9.17) is 4.74 Å². The van der Waals surface area contributed by atoms with Crippen molar-refractivity contribution in [3.05, 3.63) is 100 Å².